The molecule has 0 aliphatic carbocycles. The molecule has 2 aromatic rings. The van der Waals surface area contributed by atoms with Gasteiger partial charge in [0, 0.05) is 7.05 Å². The van der Waals surface area contributed by atoms with Gasteiger partial charge >= 0.3 is 6.18 Å². The van der Waals surface area contributed by atoms with Crippen molar-refractivity contribution in [3.63, 3.8) is 0 Å². The van der Waals surface area contributed by atoms with Crippen LogP contribution in [0.5, 0.6) is 0 Å². The molecule has 122 valence electrons. The van der Waals surface area contributed by atoms with Gasteiger partial charge in [0.15, 0.2) is 5.82 Å². The summed E-state index contributed by atoms with van der Waals surface area (Å²) in [5.74, 6) is -0.976. The Morgan fingerprint density at radius 3 is 2.61 bits per heavy atom. The minimum atomic E-state index is -4.66. The predicted octanol–water partition coefficient (Wildman–Crippen LogP) is 2.25. The molecule has 1 N–H and O–H groups in total. The average molecular weight is 344 g/mol. The van der Waals surface area contributed by atoms with Crippen LogP contribution in [0.4, 0.5) is 19.0 Å². The average Bonchev–Trinajstić information content (AvgIpc) is 2.78. The predicted molar refractivity (Wildman–Crippen MR) is 75.6 cm³/mol. The molecule has 0 saturated carbocycles. The van der Waals surface area contributed by atoms with E-state index in [9.17, 15) is 21.6 Å². The molecule has 6 nitrogen and oxygen atoms in total. The molecule has 0 aliphatic rings. The first-order valence-electron chi connectivity index (χ1n) is 6.22. The molecule has 0 amide bonds. The van der Waals surface area contributed by atoms with Crippen molar-refractivity contribution in [2.75, 3.05) is 4.72 Å². The molecule has 1 aromatic carbocycles. The van der Waals surface area contributed by atoms with Crippen LogP contribution in [0, 0.1) is 11.3 Å². The summed E-state index contributed by atoms with van der Waals surface area (Å²) in [5, 5.41) is 12.6. The molecule has 0 fully saturated rings. The Morgan fingerprint density at radius 1 is 1.35 bits per heavy atom. The van der Waals surface area contributed by atoms with E-state index >= 15 is 0 Å². The van der Waals surface area contributed by atoms with Crippen LogP contribution in [0.3, 0.4) is 0 Å². The van der Waals surface area contributed by atoms with E-state index in [1.54, 1.807) is 6.07 Å². The van der Waals surface area contributed by atoms with E-state index < -0.39 is 27.5 Å². The van der Waals surface area contributed by atoms with Gasteiger partial charge in [-0.2, -0.15) is 23.5 Å². The summed E-state index contributed by atoms with van der Waals surface area (Å²) in [5.41, 5.74) is -1.43. The van der Waals surface area contributed by atoms with Crippen molar-refractivity contribution in [3.8, 4) is 6.07 Å². The summed E-state index contributed by atoms with van der Waals surface area (Å²) < 4.78 is 66.2. The summed E-state index contributed by atoms with van der Waals surface area (Å²) in [4.78, 5) is 0. The lowest BCUT2D eigenvalue weighted by Gasteiger charge is -2.14. The fraction of sp³-hybridized carbons (Fsp3) is 0.231. The van der Waals surface area contributed by atoms with Crippen molar-refractivity contribution >= 4 is 15.8 Å². The Balaban J connectivity index is 2.34. The van der Waals surface area contributed by atoms with Crippen LogP contribution >= 0.6 is 0 Å². The van der Waals surface area contributed by atoms with E-state index in [0.717, 1.165) is 23.0 Å². The van der Waals surface area contributed by atoms with Crippen LogP contribution in [0.25, 0.3) is 0 Å². The Morgan fingerprint density at radius 2 is 2.00 bits per heavy atom. The quantitative estimate of drug-likeness (QED) is 0.921. The number of hydrogen-bond acceptors (Lipinski definition) is 4. The number of nitriles is 1. The first-order valence-corrected chi connectivity index (χ1v) is 7.87. The summed E-state index contributed by atoms with van der Waals surface area (Å²) >= 11 is 0. The molecule has 0 unspecified atom stereocenters. The van der Waals surface area contributed by atoms with Crippen molar-refractivity contribution in [2.24, 2.45) is 7.05 Å². The van der Waals surface area contributed by atoms with Gasteiger partial charge in [0.1, 0.15) is 11.6 Å². The van der Waals surface area contributed by atoms with Crippen molar-refractivity contribution < 1.29 is 21.6 Å². The lowest BCUT2D eigenvalue weighted by atomic mass is 10.1. The van der Waals surface area contributed by atoms with Crippen LogP contribution < -0.4 is 4.72 Å². The molecule has 0 saturated heterocycles. The van der Waals surface area contributed by atoms with E-state index in [4.69, 9.17) is 5.26 Å². The Hall–Kier alpha value is -2.54. The number of hydrogen-bond donors (Lipinski definition) is 1. The van der Waals surface area contributed by atoms with Crippen molar-refractivity contribution in [2.45, 2.75) is 11.9 Å². The van der Waals surface area contributed by atoms with Crippen LogP contribution in [0.15, 0.2) is 30.5 Å². The highest BCUT2D eigenvalue weighted by Crippen LogP contribution is 2.32. The standard InChI is InChI=1S/C13H11F3N4O2S/c1-20-12(10(6-17)7-18-20)19-23(21,22)8-9-4-2-3-5-11(9)13(14,15)16/h2-5,7,19H,8H2,1H3. The van der Waals surface area contributed by atoms with E-state index in [2.05, 4.69) is 9.82 Å². The minimum Gasteiger partial charge on any atom is -0.266 e. The van der Waals surface area contributed by atoms with Crippen LogP contribution in [-0.4, -0.2) is 18.2 Å². The number of nitrogens with zero attached hydrogens (tertiary/aromatic N) is 3. The van der Waals surface area contributed by atoms with Gasteiger partial charge in [-0.15, -0.1) is 0 Å². The minimum absolute atomic E-state index is 0.0276. The largest absolute Gasteiger partial charge is 0.416 e. The molecule has 0 radical (unpaired) electrons. The lowest BCUT2D eigenvalue weighted by Crippen LogP contribution is -2.20. The number of nitrogens with one attached hydrogen (secondary N) is 1. The zero-order chi connectivity index (χ0) is 17.3. The van der Waals surface area contributed by atoms with Gasteiger partial charge in [0.05, 0.1) is 17.5 Å². The molecule has 0 bridgehead atoms. The number of halogens is 3. The lowest BCUT2D eigenvalue weighted by molar-refractivity contribution is -0.138. The van der Waals surface area contributed by atoms with E-state index in [-0.39, 0.29) is 16.9 Å². The zero-order valence-electron chi connectivity index (χ0n) is 11.8. The third-order valence-corrected chi connectivity index (χ3v) is 4.18. The second-order valence-corrected chi connectivity index (χ2v) is 6.38. The molecule has 0 aliphatic heterocycles. The molecule has 0 atom stereocenters. The second kappa shape index (κ2) is 5.92. The van der Waals surface area contributed by atoms with Crippen LogP contribution in [-0.2, 0) is 29.0 Å². The summed E-state index contributed by atoms with van der Waals surface area (Å²) in [6.07, 6.45) is -3.50. The van der Waals surface area contributed by atoms with Gasteiger partial charge in [0.25, 0.3) is 0 Å². The highest BCUT2D eigenvalue weighted by molar-refractivity contribution is 7.91. The number of aromatic nitrogens is 2. The topological polar surface area (TPSA) is 87.8 Å². The number of sulfonamides is 1. The van der Waals surface area contributed by atoms with Gasteiger partial charge in [0.2, 0.25) is 10.0 Å². The Labute approximate surface area is 130 Å². The third-order valence-electron chi connectivity index (χ3n) is 2.98. The summed E-state index contributed by atoms with van der Waals surface area (Å²) in [6, 6.07) is 6.16. The monoisotopic (exact) mass is 344 g/mol. The molecular formula is C13H11F3N4O2S. The van der Waals surface area contributed by atoms with Gasteiger partial charge in [-0.3, -0.25) is 9.40 Å². The smallest absolute Gasteiger partial charge is 0.266 e. The number of anilines is 1. The third kappa shape index (κ3) is 3.81. The first-order chi connectivity index (χ1) is 10.6. The van der Waals surface area contributed by atoms with Gasteiger partial charge in [-0.25, -0.2) is 8.42 Å². The Bertz CT molecular complexity index is 866. The van der Waals surface area contributed by atoms with Crippen molar-refractivity contribution in [1.82, 2.24) is 9.78 Å². The number of rotatable bonds is 4. The zero-order valence-corrected chi connectivity index (χ0v) is 12.6. The van der Waals surface area contributed by atoms with E-state index in [0.29, 0.717) is 0 Å². The fourth-order valence-corrected chi connectivity index (χ4v) is 3.22. The highest BCUT2D eigenvalue weighted by atomic mass is 32.2. The van der Waals surface area contributed by atoms with E-state index in [1.807, 2.05) is 0 Å². The molecule has 1 heterocycles. The molecule has 0 spiro atoms. The number of benzene rings is 1. The van der Waals surface area contributed by atoms with Gasteiger partial charge < -0.3 is 0 Å². The summed E-state index contributed by atoms with van der Waals surface area (Å²) in [6.45, 7) is 0. The molecule has 1 aromatic heterocycles. The number of aryl methyl sites for hydroxylation is 1. The highest BCUT2D eigenvalue weighted by Gasteiger charge is 2.34. The van der Waals surface area contributed by atoms with Gasteiger partial charge in [-0.1, -0.05) is 18.2 Å². The second-order valence-electron chi connectivity index (χ2n) is 4.66. The molecular weight excluding hydrogens is 333 g/mol. The van der Waals surface area contributed by atoms with Crippen molar-refractivity contribution in [3.05, 3.63) is 47.2 Å². The number of alkyl halides is 3. The summed E-state index contributed by atoms with van der Waals surface area (Å²) in [7, 11) is -2.75. The van der Waals surface area contributed by atoms with Crippen molar-refractivity contribution in [1.29, 1.82) is 5.26 Å². The van der Waals surface area contributed by atoms with Crippen LogP contribution in [0.1, 0.15) is 16.7 Å². The molecule has 23 heavy (non-hydrogen) atoms. The first kappa shape index (κ1) is 16.8. The fourth-order valence-electron chi connectivity index (χ4n) is 1.95. The van der Waals surface area contributed by atoms with Crippen LogP contribution in [0.2, 0.25) is 0 Å². The SMILES string of the molecule is Cn1ncc(C#N)c1NS(=O)(=O)Cc1ccccc1C(F)(F)F. The maximum Gasteiger partial charge on any atom is 0.416 e. The Kier molecular flexibility index (Phi) is 4.33. The maximum absolute atomic E-state index is 12.9. The van der Waals surface area contributed by atoms with Gasteiger partial charge in [-0.05, 0) is 11.6 Å². The maximum atomic E-state index is 12.9. The normalized spacial score (nSPS) is 12.0. The molecule has 2 rings (SSSR count). The van der Waals surface area contributed by atoms with E-state index in [1.165, 1.54) is 19.2 Å². The molecule has 10 heteroatoms.